The average molecular weight is 203 g/mol. The van der Waals surface area contributed by atoms with Crippen molar-refractivity contribution >= 4 is 12.0 Å². The maximum Gasteiger partial charge on any atom is 0.150 e. The molecular formula is C13H17NO. The van der Waals surface area contributed by atoms with E-state index < -0.39 is 0 Å². The van der Waals surface area contributed by atoms with Crippen molar-refractivity contribution in [1.82, 2.24) is 0 Å². The highest BCUT2D eigenvalue weighted by Crippen LogP contribution is 2.14. The lowest BCUT2D eigenvalue weighted by molar-refractivity contribution is 0.112. The second-order valence-corrected chi connectivity index (χ2v) is 3.37. The van der Waals surface area contributed by atoms with E-state index in [0.717, 1.165) is 37.0 Å². The summed E-state index contributed by atoms with van der Waals surface area (Å²) in [4.78, 5) is 12.8. The molecule has 0 spiro atoms. The van der Waals surface area contributed by atoms with Gasteiger partial charge in [0.15, 0.2) is 0 Å². The lowest BCUT2D eigenvalue weighted by atomic mass is 10.2. The molecule has 0 aromatic heterocycles. The van der Waals surface area contributed by atoms with Crippen LogP contribution in [-0.4, -0.2) is 19.4 Å². The topological polar surface area (TPSA) is 20.3 Å². The molecule has 0 saturated carbocycles. The Morgan fingerprint density at radius 1 is 1.33 bits per heavy atom. The van der Waals surface area contributed by atoms with Crippen LogP contribution < -0.4 is 4.90 Å². The number of anilines is 1. The first-order valence-corrected chi connectivity index (χ1v) is 5.23. The van der Waals surface area contributed by atoms with Crippen LogP contribution in [0.4, 0.5) is 5.69 Å². The molecule has 0 bridgehead atoms. The number of carbonyl (C=O) groups excluding carboxylic acids is 1. The molecule has 1 rings (SSSR count). The van der Waals surface area contributed by atoms with Gasteiger partial charge in [0, 0.05) is 24.3 Å². The number of hydrogen-bond donors (Lipinski definition) is 0. The summed E-state index contributed by atoms with van der Waals surface area (Å²) in [7, 11) is 0. The van der Waals surface area contributed by atoms with E-state index >= 15 is 0 Å². The summed E-state index contributed by atoms with van der Waals surface area (Å²) in [5, 5.41) is 0. The van der Waals surface area contributed by atoms with Crippen molar-refractivity contribution in [1.29, 1.82) is 0 Å². The third-order valence-electron chi connectivity index (χ3n) is 2.38. The molecule has 0 aliphatic rings. The third-order valence-corrected chi connectivity index (χ3v) is 2.38. The third kappa shape index (κ3) is 3.24. The predicted molar refractivity (Wildman–Crippen MR) is 64.5 cm³/mol. The van der Waals surface area contributed by atoms with Crippen LogP contribution in [0.2, 0.25) is 0 Å². The van der Waals surface area contributed by atoms with E-state index in [-0.39, 0.29) is 0 Å². The van der Waals surface area contributed by atoms with Gasteiger partial charge in [0.25, 0.3) is 0 Å². The van der Waals surface area contributed by atoms with E-state index in [0.29, 0.717) is 0 Å². The van der Waals surface area contributed by atoms with Crippen LogP contribution in [0.15, 0.2) is 36.9 Å². The molecule has 0 amide bonds. The fourth-order valence-electron chi connectivity index (χ4n) is 1.48. The molecule has 0 saturated heterocycles. The zero-order chi connectivity index (χ0) is 11.1. The van der Waals surface area contributed by atoms with Crippen molar-refractivity contribution in [2.75, 3.05) is 18.0 Å². The van der Waals surface area contributed by atoms with Crippen molar-refractivity contribution in [3.63, 3.8) is 0 Å². The molecule has 1 aromatic rings. The fourth-order valence-corrected chi connectivity index (χ4v) is 1.48. The molecule has 0 aliphatic heterocycles. The predicted octanol–water partition coefficient (Wildman–Crippen LogP) is 2.90. The first kappa shape index (κ1) is 11.5. The molecule has 80 valence electrons. The van der Waals surface area contributed by atoms with Crippen molar-refractivity contribution in [2.24, 2.45) is 0 Å². The monoisotopic (exact) mass is 203 g/mol. The highest BCUT2D eigenvalue weighted by molar-refractivity contribution is 5.75. The normalized spacial score (nSPS) is 9.67. The SMILES string of the molecule is C=CCCN(CC)c1ccc(C=O)cc1. The first-order valence-electron chi connectivity index (χ1n) is 5.23. The smallest absolute Gasteiger partial charge is 0.150 e. The standard InChI is InChI=1S/C13H17NO/c1-3-5-10-14(4-2)13-8-6-12(11-15)7-9-13/h3,6-9,11H,1,4-5,10H2,2H3. The summed E-state index contributed by atoms with van der Waals surface area (Å²) in [6.45, 7) is 7.78. The van der Waals surface area contributed by atoms with Gasteiger partial charge >= 0.3 is 0 Å². The second-order valence-electron chi connectivity index (χ2n) is 3.37. The minimum absolute atomic E-state index is 0.721. The van der Waals surface area contributed by atoms with Crippen LogP contribution in [0.1, 0.15) is 23.7 Å². The molecule has 0 atom stereocenters. The van der Waals surface area contributed by atoms with E-state index in [9.17, 15) is 4.79 Å². The molecular weight excluding hydrogens is 186 g/mol. The van der Waals surface area contributed by atoms with Gasteiger partial charge in [-0.3, -0.25) is 4.79 Å². The van der Waals surface area contributed by atoms with Crippen LogP contribution in [0, 0.1) is 0 Å². The van der Waals surface area contributed by atoms with E-state index in [2.05, 4.69) is 18.4 Å². The van der Waals surface area contributed by atoms with Crippen LogP contribution in [0.3, 0.4) is 0 Å². The number of aldehydes is 1. The Bertz CT molecular complexity index is 316. The first-order chi connectivity index (χ1) is 7.31. The molecule has 0 unspecified atom stereocenters. The zero-order valence-corrected chi connectivity index (χ0v) is 9.15. The van der Waals surface area contributed by atoms with Crippen molar-refractivity contribution in [2.45, 2.75) is 13.3 Å². The average Bonchev–Trinajstić information content (AvgIpc) is 2.31. The van der Waals surface area contributed by atoms with E-state index in [1.807, 2.05) is 30.3 Å². The Hall–Kier alpha value is -1.57. The maximum atomic E-state index is 10.5. The van der Waals surface area contributed by atoms with Crippen LogP contribution in [-0.2, 0) is 0 Å². The van der Waals surface area contributed by atoms with Gasteiger partial charge in [0.1, 0.15) is 6.29 Å². The summed E-state index contributed by atoms with van der Waals surface area (Å²) in [6.07, 6.45) is 3.76. The van der Waals surface area contributed by atoms with Gasteiger partial charge in [-0.25, -0.2) is 0 Å². The van der Waals surface area contributed by atoms with Gasteiger partial charge < -0.3 is 4.90 Å². The summed E-state index contributed by atoms with van der Waals surface area (Å²) < 4.78 is 0. The lowest BCUT2D eigenvalue weighted by Crippen LogP contribution is -2.23. The summed E-state index contributed by atoms with van der Waals surface area (Å²) in [6, 6.07) is 7.66. The van der Waals surface area contributed by atoms with E-state index in [1.54, 1.807) is 0 Å². The molecule has 0 heterocycles. The van der Waals surface area contributed by atoms with Gasteiger partial charge in [-0.2, -0.15) is 0 Å². The zero-order valence-electron chi connectivity index (χ0n) is 9.15. The Kier molecular flexibility index (Phi) is 4.61. The van der Waals surface area contributed by atoms with Crippen LogP contribution in [0.5, 0.6) is 0 Å². The van der Waals surface area contributed by atoms with Crippen molar-refractivity contribution in [3.8, 4) is 0 Å². The van der Waals surface area contributed by atoms with Gasteiger partial charge in [0.05, 0.1) is 0 Å². The number of benzene rings is 1. The number of hydrogen-bond acceptors (Lipinski definition) is 2. The molecule has 2 heteroatoms. The number of nitrogens with zero attached hydrogens (tertiary/aromatic N) is 1. The number of rotatable bonds is 6. The van der Waals surface area contributed by atoms with Gasteiger partial charge in [-0.15, -0.1) is 6.58 Å². The van der Waals surface area contributed by atoms with E-state index in [4.69, 9.17) is 0 Å². The molecule has 15 heavy (non-hydrogen) atoms. The van der Waals surface area contributed by atoms with Gasteiger partial charge in [-0.05, 0) is 37.6 Å². The van der Waals surface area contributed by atoms with Gasteiger partial charge in [0.2, 0.25) is 0 Å². The van der Waals surface area contributed by atoms with Crippen LogP contribution >= 0.6 is 0 Å². The quantitative estimate of drug-likeness (QED) is 0.523. The molecule has 0 aliphatic carbocycles. The Morgan fingerprint density at radius 3 is 2.47 bits per heavy atom. The van der Waals surface area contributed by atoms with E-state index in [1.165, 1.54) is 0 Å². The molecule has 0 N–H and O–H groups in total. The summed E-state index contributed by atoms with van der Waals surface area (Å²) in [5.74, 6) is 0. The molecule has 0 radical (unpaired) electrons. The Labute approximate surface area is 91.2 Å². The molecule has 0 fully saturated rings. The Balaban J connectivity index is 2.73. The van der Waals surface area contributed by atoms with Crippen molar-refractivity contribution in [3.05, 3.63) is 42.5 Å². The maximum absolute atomic E-state index is 10.5. The fraction of sp³-hybridized carbons (Fsp3) is 0.308. The Morgan fingerprint density at radius 2 is 2.00 bits per heavy atom. The lowest BCUT2D eigenvalue weighted by Gasteiger charge is -2.22. The molecule has 2 nitrogen and oxygen atoms in total. The minimum atomic E-state index is 0.721. The summed E-state index contributed by atoms with van der Waals surface area (Å²) >= 11 is 0. The molecule has 1 aromatic carbocycles. The second kappa shape index (κ2) is 6.02. The summed E-state index contributed by atoms with van der Waals surface area (Å²) in [5.41, 5.74) is 1.88. The van der Waals surface area contributed by atoms with Crippen molar-refractivity contribution < 1.29 is 4.79 Å². The largest absolute Gasteiger partial charge is 0.372 e. The van der Waals surface area contributed by atoms with Crippen LogP contribution in [0.25, 0.3) is 0 Å². The van der Waals surface area contributed by atoms with Gasteiger partial charge in [-0.1, -0.05) is 6.08 Å². The highest BCUT2D eigenvalue weighted by Gasteiger charge is 2.02. The highest BCUT2D eigenvalue weighted by atomic mass is 16.1. The number of carbonyl (C=O) groups is 1. The minimum Gasteiger partial charge on any atom is -0.372 e.